The van der Waals surface area contributed by atoms with E-state index in [0.717, 1.165) is 31.1 Å². The van der Waals surface area contributed by atoms with Crippen molar-refractivity contribution in [3.05, 3.63) is 58.7 Å². The standard InChI is InChI=1S/C22H27F3N4O/c1-14-4-5-15(10-20(14)26)21(30)27-17-7-6-16(19(11-17)22(23,24)25)12-29-9-8-18(13-29)28(2)3/h4-7,10-11,18H,8-9,12-13,26H2,1-3H3,(H,27,30)/t18-/m0/s1. The molecule has 30 heavy (non-hydrogen) atoms. The minimum Gasteiger partial charge on any atom is -0.398 e. The molecule has 0 aromatic heterocycles. The topological polar surface area (TPSA) is 61.6 Å². The van der Waals surface area contributed by atoms with Crippen LogP contribution in [0.2, 0.25) is 0 Å². The van der Waals surface area contributed by atoms with Crippen LogP contribution in [-0.2, 0) is 12.7 Å². The number of anilines is 2. The molecule has 0 unspecified atom stereocenters. The van der Waals surface area contributed by atoms with Crippen molar-refractivity contribution in [3.63, 3.8) is 0 Å². The predicted molar refractivity (Wildman–Crippen MR) is 112 cm³/mol. The van der Waals surface area contributed by atoms with E-state index in [2.05, 4.69) is 10.2 Å². The lowest BCUT2D eigenvalue weighted by atomic mass is 10.0. The highest BCUT2D eigenvalue weighted by Gasteiger charge is 2.35. The number of rotatable bonds is 5. The monoisotopic (exact) mass is 420 g/mol. The Bertz CT molecular complexity index is 927. The number of likely N-dealkylation sites (tertiary alicyclic amines) is 1. The highest BCUT2D eigenvalue weighted by molar-refractivity contribution is 6.04. The molecule has 162 valence electrons. The summed E-state index contributed by atoms with van der Waals surface area (Å²) in [7, 11) is 3.96. The molecule has 0 spiro atoms. The lowest BCUT2D eigenvalue weighted by molar-refractivity contribution is -0.138. The maximum Gasteiger partial charge on any atom is 0.416 e. The molecule has 0 bridgehead atoms. The van der Waals surface area contributed by atoms with Crippen LogP contribution in [0.5, 0.6) is 0 Å². The summed E-state index contributed by atoms with van der Waals surface area (Å²) in [4.78, 5) is 16.6. The number of carbonyl (C=O) groups is 1. The van der Waals surface area contributed by atoms with Gasteiger partial charge in [0.05, 0.1) is 5.56 Å². The van der Waals surface area contributed by atoms with Gasteiger partial charge in [0.2, 0.25) is 0 Å². The van der Waals surface area contributed by atoms with E-state index in [0.29, 0.717) is 17.3 Å². The van der Waals surface area contributed by atoms with Gasteiger partial charge in [-0.05, 0) is 62.8 Å². The summed E-state index contributed by atoms with van der Waals surface area (Å²) in [6, 6.07) is 9.12. The Morgan fingerprint density at radius 1 is 1.23 bits per heavy atom. The molecular weight excluding hydrogens is 393 g/mol. The van der Waals surface area contributed by atoms with Crippen molar-refractivity contribution in [3.8, 4) is 0 Å². The first-order chi connectivity index (χ1) is 14.0. The van der Waals surface area contributed by atoms with Crippen LogP contribution in [0.25, 0.3) is 0 Å². The molecule has 5 nitrogen and oxygen atoms in total. The second-order valence-corrected chi connectivity index (χ2v) is 8.04. The van der Waals surface area contributed by atoms with Gasteiger partial charge in [-0.15, -0.1) is 0 Å². The van der Waals surface area contributed by atoms with E-state index >= 15 is 0 Å². The summed E-state index contributed by atoms with van der Waals surface area (Å²) in [6.07, 6.45) is -3.58. The molecule has 3 N–H and O–H groups in total. The molecule has 2 aromatic carbocycles. The molecule has 1 heterocycles. The van der Waals surface area contributed by atoms with Crippen LogP contribution in [0.4, 0.5) is 24.5 Å². The fourth-order valence-electron chi connectivity index (χ4n) is 3.66. The van der Waals surface area contributed by atoms with E-state index in [1.54, 1.807) is 12.1 Å². The van der Waals surface area contributed by atoms with Crippen molar-refractivity contribution < 1.29 is 18.0 Å². The highest BCUT2D eigenvalue weighted by atomic mass is 19.4. The molecule has 2 aromatic rings. The van der Waals surface area contributed by atoms with Gasteiger partial charge in [0.25, 0.3) is 5.91 Å². The van der Waals surface area contributed by atoms with Crippen LogP contribution in [0.3, 0.4) is 0 Å². The van der Waals surface area contributed by atoms with Gasteiger partial charge in [0, 0.05) is 42.6 Å². The average molecular weight is 420 g/mol. The number of nitrogens with two attached hydrogens (primary N) is 1. The molecule has 0 aliphatic carbocycles. The first kappa shape index (κ1) is 22.1. The molecule has 3 rings (SSSR count). The van der Waals surface area contributed by atoms with Crippen LogP contribution < -0.4 is 11.1 Å². The summed E-state index contributed by atoms with van der Waals surface area (Å²) in [5.74, 6) is -0.504. The second-order valence-electron chi connectivity index (χ2n) is 8.04. The van der Waals surface area contributed by atoms with Gasteiger partial charge in [0.15, 0.2) is 0 Å². The fraction of sp³-hybridized carbons (Fsp3) is 0.409. The number of likely N-dealkylation sites (N-methyl/N-ethyl adjacent to an activating group) is 1. The molecule has 1 saturated heterocycles. The minimum atomic E-state index is -4.51. The number of carbonyl (C=O) groups excluding carboxylic acids is 1. The lowest BCUT2D eigenvalue weighted by Gasteiger charge is -2.22. The Balaban J connectivity index is 1.79. The fourth-order valence-corrected chi connectivity index (χ4v) is 3.66. The Morgan fingerprint density at radius 3 is 2.57 bits per heavy atom. The zero-order valence-electron chi connectivity index (χ0n) is 17.4. The number of halogens is 3. The van der Waals surface area contributed by atoms with Crippen molar-refractivity contribution in [2.75, 3.05) is 38.2 Å². The van der Waals surface area contributed by atoms with Gasteiger partial charge >= 0.3 is 6.18 Å². The van der Waals surface area contributed by atoms with E-state index in [9.17, 15) is 18.0 Å². The van der Waals surface area contributed by atoms with Gasteiger partial charge in [-0.1, -0.05) is 12.1 Å². The first-order valence-corrected chi connectivity index (χ1v) is 9.81. The van der Waals surface area contributed by atoms with Crippen LogP contribution in [0.15, 0.2) is 36.4 Å². The lowest BCUT2D eigenvalue weighted by Crippen LogP contribution is -2.31. The molecule has 0 radical (unpaired) electrons. The Morgan fingerprint density at radius 2 is 1.97 bits per heavy atom. The number of nitrogens with one attached hydrogen (secondary N) is 1. The number of amides is 1. The molecule has 1 atom stereocenters. The van der Waals surface area contributed by atoms with Gasteiger partial charge < -0.3 is 16.0 Å². The van der Waals surface area contributed by atoms with Gasteiger partial charge in [-0.3, -0.25) is 9.69 Å². The van der Waals surface area contributed by atoms with Gasteiger partial charge in [0.1, 0.15) is 0 Å². The van der Waals surface area contributed by atoms with E-state index in [4.69, 9.17) is 5.73 Å². The smallest absolute Gasteiger partial charge is 0.398 e. The average Bonchev–Trinajstić information content (AvgIpc) is 3.13. The minimum absolute atomic E-state index is 0.0998. The number of hydrogen-bond donors (Lipinski definition) is 2. The Hall–Kier alpha value is -2.58. The number of aryl methyl sites for hydroxylation is 1. The van der Waals surface area contributed by atoms with E-state index in [1.807, 2.05) is 25.9 Å². The maximum absolute atomic E-state index is 13.7. The summed E-state index contributed by atoms with van der Waals surface area (Å²) in [6.45, 7) is 3.53. The molecule has 0 saturated carbocycles. The number of nitrogens with zero attached hydrogens (tertiary/aromatic N) is 2. The van der Waals surface area contributed by atoms with E-state index in [-0.39, 0.29) is 17.8 Å². The van der Waals surface area contributed by atoms with Crippen molar-refractivity contribution in [2.24, 2.45) is 0 Å². The van der Waals surface area contributed by atoms with Gasteiger partial charge in [-0.25, -0.2) is 0 Å². The predicted octanol–water partition coefficient (Wildman–Crippen LogP) is 3.98. The number of benzene rings is 2. The molecule has 1 aliphatic heterocycles. The zero-order chi connectivity index (χ0) is 22.1. The summed E-state index contributed by atoms with van der Waals surface area (Å²) < 4.78 is 41.1. The molecule has 1 fully saturated rings. The molecule has 1 amide bonds. The van der Waals surface area contributed by atoms with Crippen LogP contribution in [0, 0.1) is 6.92 Å². The summed E-state index contributed by atoms with van der Waals surface area (Å²) in [5, 5.41) is 2.55. The zero-order valence-corrected chi connectivity index (χ0v) is 17.4. The van der Waals surface area contributed by atoms with E-state index < -0.39 is 17.6 Å². The Labute approximate surface area is 174 Å². The van der Waals surface area contributed by atoms with Crippen molar-refractivity contribution >= 4 is 17.3 Å². The number of alkyl halides is 3. The summed E-state index contributed by atoms with van der Waals surface area (Å²) >= 11 is 0. The van der Waals surface area contributed by atoms with Crippen molar-refractivity contribution in [1.29, 1.82) is 0 Å². The molecule has 8 heteroatoms. The van der Waals surface area contributed by atoms with Crippen molar-refractivity contribution in [1.82, 2.24) is 9.80 Å². The van der Waals surface area contributed by atoms with Crippen LogP contribution >= 0.6 is 0 Å². The van der Waals surface area contributed by atoms with Crippen molar-refractivity contribution in [2.45, 2.75) is 32.1 Å². The third-order valence-corrected chi connectivity index (χ3v) is 5.59. The highest BCUT2D eigenvalue weighted by Crippen LogP contribution is 2.35. The first-order valence-electron chi connectivity index (χ1n) is 9.81. The SMILES string of the molecule is Cc1ccc(C(=O)Nc2ccc(CN3CC[C@H](N(C)C)C3)c(C(F)(F)F)c2)cc1N. The number of hydrogen-bond acceptors (Lipinski definition) is 4. The normalized spacial score (nSPS) is 17.5. The Kier molecular flexibility index (Phi) is 6.38. The van der Waals surface area contributed by atoms with Gasteiger partial charge in [-0.2, -0.15) is 13.2 Å². The molecule has 1 aliphatic rings. The quantitative estimate of drug-likeness (QED) is 0.719. The van der Waals surface area contributed by atoms with Crippen LogP contribution in [-0.4, -0.2) is 48.9 Å². The number of nitrogen functional groups attached to an aromatic ring is 1. The largest absolute Gasteiger partial charge is 0.416 e. The summed E-state index contributed by atoms with van der Waals surface area (Å²) in [5.41, 5.74) is 6.98. The van der Waals surface area contributed by atoms with E-state index in [1.165, 1.54) is 18.2 Å². The second kappa shape index (κ2) is 8.65. The van der Waals surface area contributed by atoms with Crippen LogP contribution in [0.1, 0.15) is 33.5 Å². The third kappa shape index (κ3) is 5.12. The third-order valence-electron chi connectivity index (χ3n) is 5.59. The maximum atomic E-state index is 13.7. The molecular formula is C22H27F3N4O.